The van der Waals surface area contributed by atoms with Gasteiger partial charge in [0.25, 0.3) is 0 Å². The number of thiophene rings is 1. The Labute approximate surface area is 143 Å². The topological polar surface area (TPSA) is 64.1 Å². The molecule has 0 aromatic carbocycles. The highest BCUT2D eigenvalue weighted by Gasteiger charge is 2.16. The lowest BCUT2D eigenvalue weighted by Gasteiger charge is -2.08. The maximum absolute atomic E-state index is 9.21. The van der Waals surface area contributed by atoms with E-state index in [0.717, 1.165) is 52.1 Å². The van der Waals surface area contributed by atoms with Gasteiger partial charge in [-0.15, -0.1) is 11.3 Å². The number of aliphatic hydroxyl groups excluding tert-OH is 1. The molecule has 0 saturated heterocycles. The Hall–Kier alpha value is -2.18. The molecule has 0 aliphatic rings. The Morgan fingerprint density at radius 1 is 1.21 bits per heavy atom. The van der Waals surface area contributed by atoms with Gasteiger partial charge in [-0.05, 0) is 30.0 Å². The monoisotopic (exact) mass is 341 g/mol. The lowest BCUT2D eigenvalue weighted by Crippen LogP contribution is -2.05. The molecule has 4 heterocycles. The molecule has 0 amide bonds. The predicted octanol–water partition coefficient (Wildman–Crippen LogP) is 4.12. The zero-order valence-corrected chi connectivity index (χ0v) is 14.3. The van der Waals surface area contributed by atoms with Gasteiger partial charge in [-0.3, -0.25) is 4.98 Å². The molecule has 5 nitrogen and oxygen atoms in total. The molecule has 0 unspecified atom stereocenters. The van der Waals surface area contributed by atoms with Gasteiger partial charge < -0.3 is 14.1 Å². The molecule has 124 valence electrons. The van der Waals surface area contributed by atoms with Gasteiger partial charge in [0.2, 0.25) is 0 Å². The Morgan fingerprint density at radius 3 is 2.88 bits per heavy atom. The second-order valence-corrected chi connectivity index (χ2v) is 6.79. The second-order valence-electron chi connectivity index (χ2n) is 5.87. The molecular formula is C18H19N3O2S. The van der Waals surface area contributed by atoms with Crippen LogP contribution in [0.3, 0.4) is 0 Å². The van der Waals surface area contributed by atoms with Crippen LogP contribution in [0.2, 0.25) is 0 Å². The van der Waals surface area contributed by atoms with Crippen LogP contribution in [0, 0.1) is 0 Å². The summed E-state index contributed by atoms with van der Waals surface area (Å²) in [5.74, 6) is 2.49. The summed E-state index contributed by atoms with van der Waals surface area (Å²) in [5.41, 5.74) is 3.07. The number of rotatable bonds is 6. The number of hydrogen-bond acceptors (Lipinski definition) is 5. The molecule has 1 N–H and O–H groups in total. The fourth-order valence-electron chi connectivity index (χ4n) is 3.00. The first-order valence-electron chi connectivity index (χ1n) is 8.20. The third-order valence-electron chi connectivity index (χ3n) is 4.20. The fourth-order valence-corrected chi connectivity index (χ4v) is 3.91. The van der Waals surface area contributed by atoms with Crippen LogP contribution < -0.4 is 0 Å². The molecular weight excluding hydrogens is 322 g/mol. The van der Waals surface area contributed by atoms with Gasteiger partial charge in [-0.1, -0.05) is 13.3 Å². The highest BCUT2D eigenvalue weighted by atomic mass is 32.1. The van der Waals surface area contributed by atoms with Crippen molar-refractivity contribution in [1.82, 2.24) is 14.5 Å². The number of imidazole rings is 1. The highest BCUT2D eigenvalue weighted by Crippen LogP contribution is 2.30. The van der Waals surface area contributed by atoms with Gasteiger partial charge in [-0.25, -0.2) is 4.98 Å². The average molecular weight is 341 g/mol. The van der Waals surface area contributed by atoms with Crippen molar-refractivity contribution in [3.05, 3.63) is 47.1 Å². The minimum atomic E-state index is -0.0769. The Kier molecular flexibility index (Phi) is 4.08. The average Bonchev–Trinajstić information content (AvgIpc) is 3.31. The summed E-state index contributed by atoms with van der Waals surface area (Å²) in [4.78, 5) is 9.33. The Morgan fingerprint density at radius 2 is 2.08 bits per heavy atom. The number of hydrogen-bond donors (Lipinski definition) is 1. The van der Waals surface area contributed by atoms with Crippen molar-refractivity contribution in [3.8, 4) is 0 Å². The first kappa shape index (κ1) is 15.4. The van der Waals surface area contributed by atoms with Crippen molar-refractivity contribution in [1.29, 1.82) is 0 Å². The van der Waals surface area contributed by atoms with Gasteiger partial charge in [0, 0.05) is 6.42 Å². The van der Waals surface area contributed by atoms with Crippen LogP contribution in [0.1, 0.15) is 37.1 Å². The van der Waals surface area contributed by atoms with E-state index in [1.54, 1.807) is 11.3 Å². The highest BCUT2D eigenvalue weighted by molar-refractivity contribution is 7.18. The van der Waals surface area contributed by atoms with Crippen LogP contribution in [0.25, 0.3) is 21.3 Å². The molecule has 4 aromatic rings. The van der Waals surface area contributed by atoms with Gasteiger partial charge in [0.15, 0.2) is 0 Å². The zero-order valence-electron chi connectivity index (χ0n) is 13.5. The van der Waals surface area contributed by atoms with Crippen LogP contribution in [0.4, 0.5) is 0 Å². The summed E-state index contributed by atoms with van der Waals surface area (Å²) in [7, 11) is 0. The molecule has 24 heavy (non-hydrogen) atoms. The zero-order chi connectivity index (χ0) is 16.5. The van der Waals surface area contributed by atoms with Crippen molar-refractivity contribution in [2.75, 3.05) is 0 Å². The van der Waals surface area contributed by atoms with Gasteiger partial charge >= 0.3 is 0 Å². The number of pyridine rings is 1. The number of fused-ring (bicyclic) bond motifs is 3. The van der Waals surface area contributed by atoms with Crippen molar-refractivity contribution >= 4 is 32.6 Å². The van der Waals surface area contributed by atoms with E-state index in [1.807, 2.05) is 24.4 Å². The number of aromatic nitrogens is 3. The van der Waals surface area contributed by atoms with Crippen LogP contribution in [-0.2, 0) is 19.6 Å². The van der Waals surface area contributed by atoms with E-state index >= 15 is 0 Å². The molecule has 0 spiro atoms. The maximum atomic E-state index is 9.21. The van der Waals surface area contributed by atoms with E-state index in [2.05, 4.69) is 21.9 Å². The molecule has 0 radical (unpaired) electrons. The quantitative estimate of drug-likeness (QED) is 0.573. The van der Waals surface area contributed by atoms with E-state index < -0.39 is 0 Å². The van der Waals surface area contributed by atoms with Crippen molar-refractivity contribution < 1.29 is 9.52 Å². The molecule has 0 bridgehead atoms. The molecule has 4 aromatic heterocycles. The van der Waals surface area contributed by atoms with Gasteiger partial charge in [0.1, 0.15) is 29.5 Å². The lowest BCUT2D eigenvalue weighted by molar-refractivity contribution is 0.243. The molecule has 0 aliphatic heterocycles. The predicted molar refractivity (Wildman–Crippen MR) is 95.3 cm³/mol. The van der Waals surface area contributed by atoms with Crippen molar-refractivity contribution in [3.63, 3.8) is 0 Å². The number of aryl methyl sites for hydroxylation is 1. The SMILES string of the molecule is CCCCc1nc2cnc3ccsc3c2n1Cc1ccc(CO)o1. The van der Waals surface area contributed by atoms with Crippen LogP contribution in [0.15, 0.2) is 34.2 Å². The first-order chi connectivity index (χ1) is 11.8. The van der Waals surface area contributed by atoms with E-state index in [9.17, 15) is 5.11 Å². The smallest absolute Gasteiger partial charge is 0.129 e. The van der Waals surface area contributed by atoms with Crippen molar-refractivity contribution in [2.45, 2.75) is 39.3 Å². The summed E-state index contributed by atoms with van der Waals surface area (Å²) in [6.07, 6.45) is 5.03. The Balaban J connectivity index is 1.86. The number of furan rings is 1. The van der Waals surface area contributed by atoms with E-state index in [0.29, 0.717) is 12.3 Å². The molecule has 6 heteroatoms. The summed E-state index contributed by atoms with van der Waals surface area (Å²) in [6, 6.07) is 5.79. The molecule has 0 aliphatic carbocycles. The lowest BCUT2D eigenvalue weighted by atomic mass is 10.2. The normalized spacial score (nSPS) is 11.8. The largest absolute Gasteiger partial charge is 0.462 e. The maximum Gasteiger partial charge on any atom is 0.129 e. The summed E-state index contributed by atoms with van der Waals surface area (Å²) in [6.45, 7) is 2.73. The Bertz CT molecular complexity index is 983. The second kappa shape index (κ2) is 6.37. The minimum Gasteiger partial charge on any atom is -0.462 e. The fraction of sp³-hybridized carbons (Fsp3) is 0.333. The third-order valence-corrected chi connectivity index (χ3v) is 5.11. The number of nitrogens with zero attached hydrogens (tertiary/aromatic N) is 3. The van der Waals surface area contributed by atoms with Gasteiger partial charge in [0.05, 0.1) is 28.5 Å². The third kappa shape index (κ3) is 2.61. The van der Waals surface area contributed by atoms with E-state index in [4.69, 9.17) is 9.40 Å². The summed E-state index contributed by atoms with van der Waals surface area (Å²) in [5, 5.41) is 11.3. The van der Waals surface area contributed by atoms with Crippen LogP contribution in [0.5, 0.6) is 0 Å². The number of unbranched alkanes of at least 4 members (excludes halogenated alkanes) is 1. The van der Waals surface area contributed by atoms with Crippen molar-refractivity contribution in [2.24, 2.45) is 0 Å². The van der Waals surface area contributed by atoms with Gasteiger partial charge in [-0.2, -0.15) is 0 Å². The summed E-state index contributed by atoms with van der Waals surface area (Å²) < 4.78 is 9.10. The standard InChI is InChI=1S/C18H19N3O2S/c1-2-3-4-16-20-15-9-19-14-7-8-24-18(14)17(15)21(16)10-12-5-6-13(11-22)23-12/h5-9,22H,2-4,10-11H2,1H3. The molecule has 0 atom stereocenters. The minimum absolute atomic E-state index is 0.0769. The van der Waals surface area contributed by atoms with Crippen LogP contribution >= 0.6 is 11.3 Å². The molecule has 0 fully saturated rings. The van der Waals surface area contributed by atoms with Crippen LogP contribution in [-0.4, -0.2) is 19.6 Å². The van der Waals surface area contributed by atoms with E-state index in [-0.39, 0.29) is 6.61 Å². The molecule has 0 saturated carbocycles. The first-order valence-corrected chi connectivity index (χ1v) is 9.08. The van der Waals surface area contributed by atoms with E-state index in [1.165, 1.54) is 0 Å². The molecule has 4 rings (SSSR count). The number of aliphatic hydroxyl groups is 1. The summed E-state index contributed by atoms with van der Waals surface area (Å²) >= 11 is 1.69.